The molecule has 2 N–H and O–H groups in total. The zero-order chi connectivity index (χ0) is 10.6. The first-order valence-corrected chi connectivity index (χ1v) is 4.50. The molecule has 5 nitrogen and oxygen atoms in total. The molecule has 1 heterocycles. The highest BCUT2D eigenvalue weighted by atomic mass is 35.5. The standard InChI is InChI=1S/C8H13ClN4O/c1-13(3-4-14-2)8-6(10)7(9)11-5-12-8/h5H,3-4,10H2,1-2H3. The molecule has 6 heteroatoms. The number of nitrogens with two attached hydrogens (primary N) is 1. The second-order valence-electron chi connectivity index (χ2n) is 2.82. The van der Waals surface area contributed by atoms with Crippen LogP contribution in [0.25, 0.3) is 0 Å². The lowest BCUT2D eigenvalue weighted by molar-refractivity contribution is 0.206. The van der Waals surface area contributed by atoms with Crippen LogP contribution in [0, 0.1) is 0 Å². The summed E-state index contributed by atoms with van der Waals surface area (Å²) in [6.07, 6.45) is 1.39. The van der Waals surface area contributed by atoms with Crippen molar-refractivity contribution in [3.63, 3.8) is 0 Å². The Kier molecular flexibility index (Phi) is 3.91. The number of hydrogen-bond acceptors (Lipinski definition) is 5. The Labute approximate surface area is 87.8 Å². The summed E-state index contributed by atoms with van der Waals surface area (Å²) in [4.78, 5) is 9.68. The third-order valence-electron chi connectivity index (χ3n) is 1.81. The van der Waals surface area contributed by atoms with Gasteiger partial charge in [-0.3, -0.25) is 0 Å². The van der Waals surface area contributed by atoms with Crippen molar-refractivity contribution >= 4 is 23.1 Å². The number of nitrogens with zero attached hydrogens (tertiary/aromatic N) is 3. The highest BCUT2D eigenvalue weighted by Gasteiger charge is 2.09. The van der Waals surface area contributed by atoms with Gasteiger partial charge in [-0.25, -0.2) is 9.97 Å². The number of rotatable bonds is 4. The zero-order valence-corrected chi connectivity index (χ0v) is 8.95. The van der Waals surface area contributed by atoms with Crippen LogP contribution in [0.3, 0.4) is 0 Å². The first kappa shape index (κ1) is 11.0. The summed E-state index contributed by atoms with van der Waals surface area (Å²) in [6.45, 7) is 1.31. The molecule has 0 saturated carbocycles. The smallest absolute Gasteiger partial charge is 0.157 e. The summed E-state index contributed by atoms with van der Waals surface area (Å²) >= 11 is 5.76. The van der Waals surface area contributed by atoms with Crippen LogP contribution >= 0.6 is 11.6 Å². The monoisotopic (exact) mass is 216 g/mol. The third-order valence-corrected chi connectivity index (χ3v) is 2.11. The number of hydrogen-bond donors (Lipinski definition) is 1. The zero-order valence-electron chi connectivity index (χ0n) is 8.20. The minimum Gasteiger partial charge on any atom is -0.393 e. The van der Waals surface area contributed by atoms with Crippen LogP contribution in [0.15, 0.2) is 6.33 Å². The van der Waals surface area contributed by atoms with E-state index < -0.39 is 0 Å². The Hall–Kier alpha value is -1.07. The average Bonchev–Trinajstić information content (AvgIpc) is 2.18. The van der Waals surface area contributed by atoms with E-state index in [0.29, 0.717) is 24.7 Å². The molecule has 0 aliphatic rings. The van der Waals surface area contributed by atoms with Gasteiger partial charge in [0.1, 0.15) is 12.0 Å². The van der Waals surface area contributed by atoms with Crippen molar-refractivity contribution in [1.82, 2.24) is 9.97 Å². The van der Waals surface area contributed by atoms with Gasteiger partial charge in [0.15, 0.2) is 11.0 Å². The van der Waals surface area contributed by atoms with Crippen molar-refractivity contribution in [3.8, 4) is 0 Å². The van der Waals surface area contributed by atoms with Gasteiger partial charge in [-0.2, -0.15) is 0 Å². The molecule has 0 unspecified atom stereocenters. The summed E-state index contributed by atoms with van der Waals surface area (Å²) in [5.74, 6) is 0.627. The predicted molar refractivity (Wildman–Crippen MR) is 56.6 cm³/mol. The molecule has 0 amide bonds. The largest absolute Gasteiger partial charge is 0.393 e. The first-order chi connectivity index (χ1) is 6.66. The molecule has 0 aliphatic heterocycles. The Bertz CT molecular complexity index is 307. The maximum Gasteiger partial charge on any atom is 0.157 e. The van der Waals surface area contributed by atoms with Crippen LogP contribution in [-0.4, -0.2) is 37.3 Å². The average molecular weight is 217 g/mol. The van der Waals surface area contributed by atoms with Gasteiger partial charge < -0.3 is 15.4 Å². The van der Waals surface area contributed by atoms with Crippen LogP contribution < -0.4 is 10.6 Å². The van der Waals surface area contributed by atoms with E-state index in [0.717, 1.165) is 0 Å². The SMILES string of the molecule is COCCN(C)c1ncnc(Cl)c1N. The number of likely N-dealkylation sites (N-methyl/N-ethyl adjacent to an activating group) is 1. The van der Waals surface area contributed by atoms with Gasteiger partial charge in [0, 0.05) is 20.7 Å². The van der Waals surface area contributed by atoms with Crippen molar-refractivity contribution in [3.05, 3.63) is 11.5 Å². The summed E-state index contributed by atoms with van der Waals surface area (Å²) < 4.78 is 4.95. The van der Waals surface area contributed by atoms with Crippen molar-refractivity contribution < 1.29 is 4.74 Å². The lowest BCUT2D eigenvalue weighted by Crippen LogP contribution is -2.24. The van der Waals surface area contributed by atoms with Crippen LogP contribution in [0.1, 0.15) is 0 Å². The normalized spacial score (nSPS) is 10.2. The van der Waals surface area contributed by atoms with Gasteiger partial charge in [0.2, 0.25) is 0 Å². The third kappa shape index (κ3) is 2.46. The highest BCUT2D eigenvalue weighted by Crippen LogP contribution is 2.24. The maximum atomic E-state index is 5.76. The van der Waals surface area contributed by atoms with E-state index in [9.17, 15) is 0 Å². The van der Waals surface area contributed by atoms with E-state index in [1.807, 2.05) is 11.9 Å². The van der Waals surface area contributed by atoms with Crippen molar-refractivity contribution in [2.45, 2.75) is 0 Å². The van der Waals surface area contributed by atoms with Gasteiger partial charge in [-0.15, -0.1) is 0 Å². The second-order valence-corrected chi connectivity index (χ2v) is 3.17. The van der Waals surface area contributed by atoms with E-state index in [2.05, 4.69) is 9.97 Å². The molecule has 0 bridgehead atoms. The minimum atomic E-state index is 0.277. The van der Waals surface area contributed by atoms with Crippen LogP contribution in [0.5, 0.6) is 0 Å². The van der Waals surface area contributed by atoms with Gasteiger partial charge in [-0.1, -0.05) is 11.6 Å². The molecule has 0 radical (unpaired) electrons. The summed E-state index contributed by atoms with van der Waals surface area (Å²) in [5, 5.41) is 0.277. The molecule has 1 aromatic heterocycles. The maximum absolute atomic E-state index is 5.76. The van der Waals surface area contributed by atoms with Gasteiger partial charge in [-0.05, 0) is 0 Å². The molecule has 0 atom stereocenters. The van der Waals surface area contributed by atoms with Gasteiger partial charge in [0.25, 0.3) is 0 Å². The van der Waals surface area contributed by atoms with Crippen molar-refractivity contribution in [2.75, 3.05) is 37.9 Å². The molecule has 78 valence electrons. The summed E-state index contributed by atoms with van der Waals surface area (Å²) in [7, 11) is 3.51. The van der Waals surface area contributed by atoms with E-state index in [1.54, 1.807) is 7.11 Å². The molecule has 14 heavy (non-hydrogen) atoms. The Morgan fingerprint density at radius 2 is 2.29 bits per heavy atom. The Morgan fingerprint density at radius 1 is 1.57 bits per heavy atom. The Morgan fingerprint density at radius 3 is 2.93 bits per heavy atom. The second kappa shape index (κ2) is 4.97. The first-order valence-electron chi connectivity index (χ1n) is 4.13. The number of aromatic nitrogens is 2. The van der Waals surface area contributed by atoms with Crippen molar-refractivity contribution in [1.29, 1.82) is 0 Å². The fourth-order valence-electron chi connectivity index (χ4n) is 1.00. The molecule has 1 aromatic rings. The van der Waals surface area contributed by atoms with Gasteiger partial charge >= 0.3 is 0 Å². The minimum absolute atomic E-state index is 0.277. The summed E-state index contributed by atoms with van der Waals surface area (Å²) in [6, 6.07) is 0. The topological polar surface area (TPSA) is 64.3 Å². The molecule has 0 spiro atoms. The number of methoxy groups -OCH3 is 1. The predicted octanol–water partition coefficient (Wildman–Crippen LogP) is 0.795. The quantitative estimate of drug-likeness (QED) is 0.755. The van der Waals surface area contributed by atoms with Crippen LogP contribution in [-0.2, 0) is 4.74 Å². The van der Waals surface area contributed by atoms with E-state index in [4.69, 9.17) is 22.1 Å². The van der Waals surface area contributed by atoms with Crippen molar-refractivity contribution in [2.24, 2.45) is 0 Å². The van der Waals surface area contributed by atoms with E-state index >= 15 is 0 Å². The molecule has 0 aliphatic carbocycles. The number of anilines is 2. The summed E-state index contributed by atoms with van der Waals surface area (Å²) in [5.41, 5.74) is 6.11. The van der Waals surface area contributed by atoms with Crippen LogP contribution in [0.4, 0.5) is 11.5 Å². The molecule has 0 saturated heterocycles. The number of ether oxygens (including phenoxy) is 1. The number of halogens is 1. The lowest BCUT2D eigenvalue weighted by Gasteiger charge is -2.18. The van der Waals surface area contributed by atoms with E-state index in [1.165, 1.54) is 6.33 Å². The fraction of sp³-hybridized carbons (Fsp3) is 0.500. The highest BCUT2D eigenvalue weighted by molar-refractivity contribution is 6.32. The van der Waals surface area contributed by atoms with E-state index in [-0.39, 0.29) is 5.15 Å². The van der Waals surface area contributed by atoms with Crippen LogP contribution in [0.2, 0.25) is 5.15 Å². The van der Waals surface area contributed by atoms with Gasteiger partial charge in [0.05, 0.1) is 6.61 Å². The molecule has 0 aromatic carbocycles. The number of nitrogen functional groups attached to an aromatic ring is 1. The Balaban J connectivity index is 2.79. The molecule has 1 rings (SSSR count). The molecule has 0 fully saturated rings. The fourth-order valence-corrected chi connectivity index (χ4v) is 1.13. The molecular formula is C8H13ClN4O. The lowest BCUT2D eigenvalue weighted by atomic mass is 10.4. The molecular weight excluding hydrogens is 204 g/mol.